The van der Waals surface area contributed by atoms with Crippen LogP contribution in [0.3, 0.4) is 0 Å². The Balaban J connectivity index is 2.10. The Kier molecular flexibility index (Phi) is 5.51. The molecule has 0 spiro atoms. The van der Waals surface area contributed by atoms with Gasteiger partial charge in [-0.15, -0.1) is 0 Å². The molecule has 0 aliphatic carbocycles. The molecule has 0 saturated heterocycles. The monoisotopic (exact) mass is 398 g/mol. The van der Waals surface area contributed by atoms with E-state index < -0.39 is 11.5 Å². The third kappa shape index (κ3) is 4.07. The number of hydrogen-bond acceptors (Lipinski definition) is 4. The standard InChI is InChI=1S/C21H19ClN2O4/c1-11-4-6-14(7-5-11)20(26)19-18(23-13(3)25)16-9-8-15(10-17(16)24-19)21(27)28-12(2)22/h4-10,12,24H,1-3H3,(H,23,25). The molecule has 6 nitrogen and oxygen atoms in total. The molecular formula is C21H19ClN2O4. The van der Waals surface area contributed by atoms with Crippen molar-refractivity contribution in [3.63, 3.8) is 0 Å². The molecule has 0 aliphatic rings. The van der Waals surface area contributed by atoms with E-state index >= 15 is 0 Å². The Bertz CT molecular complexity index is 1070. The quantitative estimate of drug-likeness (QED) is 0.378. The largest absolute Gasteiger partial charge is 0.443 e. The number of rotatable bonds is 5. The Hall–Kier alpha value is -3.12. The van der Waals surface area contributed by atoms with Gasteiger partial charge in [-0.05, 0) is 32.0 Å². The molecule has 144 valence electrons. The molecule has 0 fully saturated rings. The van der Waals surface area contributed by atoms with E-state index in [1.54, 1.807) is 37.3 Å². The third-order valence-corrected chi connectivity index (χ3v) is 4.23. The SMILES string of the molecule is CC(=O)Nc1c(C(=O)c2ccc(C)cc2)[nH]c2cc(C(=O)OC(C)Cl)ccc12. The minimum atomic E-state index is -0.763. The molecular weight excluding hydrogens is 380 g/mol. The number of alkyl halides is 1. The molecule has 1 atom stereocenters. The zero-order valence-electron chi connectivity index (χ0n) is 15.6. The van der Waals surface area contributed by atoms with Crippen LogP contribution in [-0.4, -0.2) is 28.2 Å². The summed E-state index contributed by atoms with van der Waals surface area (Å²) in [6.07, 6.45) is 0. The number of ether oxygens (including phenoxy) is 1. The van der Waals surface area contributed by atoms with E-state index in [9.17, 15) is 14.4 Å². The Morgan fingerprint density at radius 1 is 1.07 bits per heavy atom. The first-order chi connectivity index (χ1) is 13.3. The second kappa shape index (κ2) is 7.86. The van der Waals surface area contributed by atoms with E-state index in [1.807, 2.05) is 19.1 Å². The summed E-state index contributed by atoms with van der Waals surface area (Å²) in [5, 5.41) is 3.32. The van der Waals surface area contributed by atoms with Gasteiger partial charge in [0, 0.05) is 23.4 Å². The number of amides is 1. The lowest BCUT2D eigenvalue weighted by Gasteiger charge is -2.06. The molecule has 1 heterocycles. The van der Waals surface area contributed by atoms with Crippen molar-refractivity contribution in [2.45, 2.75) is 26.3 Å². The third-order valence-electron chi connectivity index (χ3n) is 4.15. The lowest BCUT2D eigenvalue weighted by Crippen LogP contribution is -2.11. The molecule has 1 unspecified atom stereocenters. The van der Waals surface area contributed by atoms with Crippen molar-refractivity contribution >= 4 is 45.9 Å². The number of halogens is 1. The summed E-state index contributed by atoms with van der Waals surface area (Å²) in [5.41, 5.74) is 2.18. The number of hydrogen-bond donors (Lipinski definition) is 2. The van der Waals surface area contributed by atoms with Crippen molar-refractivity contribution in [1.82, 2.24) is 4.98 Å². The topological polar surface area (TPSA) is 88.3 Å². The summed E-state index contributed by atoms with van der Waals surface area (Å²) in [5.74, 6) is -1.15. The van der Waals surface area contributed by atoms with Gasteiger partial charge in [0.15, 0.2) is 5.56 Å². The molecule has 0 aliphatic heterocycles. The summed E-state index contributed by atoms with van der Waals surface area (Å²) >= 11 is 5.70. The lowest BCUT2D eigenvalue weighted by molar-refractivity contribution is -0.114. The van der Waals surface area contributed by atoms with Gasteiger partial charge in [0.05, 0.1) is 11.3 Å². The number of esters is 1. The molecule has 1 amide bonds. The summed E-state index contributed by atoms with van der Waals surface area (Å²) in [7, 11) is 0. The summed E-state index contributed by atoms with van der Waals surface area (Å²) in [6.45, 7) is 4.84. The molecule has 7 heteroatoms. The first-order valence-electron chi connectivity index (χ1n) is 8.66. The highest BCUT2D eigenvalue weighted by molar-refractivity contribution is 6.20. The van der Waals surface area contributed by atoms with E-state index in [-0.39, 0.29) is 22.9 Å². The predicted octanol–water partition coefficient (Wildman–Crippen LogP) is 4.41. The van der Waals surface area contributed by atoms with Crippen molar-refractivity contribution in [2.75, 3.05) is 5.32 Å². The number of nitrogens with one attached hydrogen (secondary N) is 2. The molecule has 2 N–H and O–H groups in total. The van der Waals surface area contributed by atoms with E-state index in [0.29, 0.717) is 22.2 Å². The second-order valence-electron chi connectivity index (χ2n) is 6.46. The van der Waals surface area contributed by atoms with Crippen LogP contribution in [0.15, 0.2) is 42.5 Å². The number of ketones is 1. The van der Waals surface area contributed by atoms with Crippen LogP contribution in [0, 0.1) is 6.92 Å². The van der Waals surface area contributed by atoms with Crippen molar-refractivity contribution in [3.8, 4) is 0 Å². The average molecular weight is 399 g/mol. The van der Waals surface area contributed by atoms with Gasteiger partial charge in [0.2, 0.25) is 11.7 Å². The van der Waals surface area contributed by atoms with E-state index in [4.69, 9.17) is 16.3 Å². The number of aryl methyl sites for hydroxylation is 1. The molecule has 28 heavy (non-hydrogen) atoms. The smallest absolute Gasteiger partial charge is 0.339 e. The number of anilines is 1. The van der Waals surface area contributed by atoms with Crippen molar-refractivity contribution < 1.29 is 19.1 Å². The molecule has 1 aromatic heterocycles. The molecule has 0 radical (unpaired) electrons. The van der Waals surface area contributed by atoms with Crippen molar-refractivity contribution in [3.05, 3.63) is 64.8 Å². The predicted molar refractivity (Wildman–Crippen MR) is 108 cm³/mol. The van der Waals surface area contributed by atoms with Gasteiger partial charge >= 0.3 is 5.97 Å². The highest BCUT2D eigenvalue weighted by Crippen LogP contribution is 2.30. The normalized spacial score (nSPS) is 11.9. The zero-order valence-corrected chi connectivity index (χ0v) is 16.4. The number of benzene rings is 2. The van der Waals surface area contributed by atoms with E-state index in [1.165, 1.54) is 6.92 Å². The van der Waals surface area contributed by atoms with Crippen LogP contribution in [0.5, 0.6) is 0 Å². The van der Waals surface area contributed by atoms with Gasteiger partial charge in [-0.3, -0.25) is 9.59 Å². The summed E-state index contributed by atoms with van der Waals surface area (Å²) < 4.78 is 4.99. The maximum Gasteiger partial charge on any atom is 0.339 e. The van der Waals surface area contributed by atoms with Gasteiger partial charge in [-0.1, -0.05) is 41.4 Å². The minimum Gasteiger partial charge on any atom is -0.443 e. The number of H-pyrrole nitrogens is 1. The highest BCUT2D eigenvalue weighted by atomic mass is 35.5. The van der Waals surface area contributed by atoms with Crippen LogP contribution in [0.4, 0.5) is 5.69 Å². The fourth-order valence-corrected chi connectivity index (χ4v) is 2.95. The van der Waals surface area contributed by atoms with Gasteiger partial charge in [-0.2, -0.15) is 0 Å². The zero-order chi connectivity index (χ0) is 20.4. The van der Waals surface area contributed by atoms with Crippen LogP contribution in [0.25, 0.3) is 10.9 Å². The first-order valence-corrected chi connectivity index (χ1v) is 9.09. The van der Waals surface area contributed by atoms with Crippen LogP contribution in [0.1, 0.15) is 45.8 Å². The summed E-state index contributed by atoms with van der Waals surface area (Å²) in [4.78, 5) is 39.8. The van der Waals surface area contributed by atoms with Crippen LogP contribution >= 0.6 is 11.6 Å². The van der Waals surface area contributed by atoms with Gasteiger partial charge in [0.1, 0.15) is 5.69 Å². The van der Waals surface area contributed by atoms with Gasteiger partial charge in [0.25, 0.3) is 0 Å². The average Bonchev–Trinajstić information content (AvgIpc) is 2.98. The van der Waals surface area contributed by atoms with Crippen molar-refractivity contribution in [2.24, 2.45) is 0 Å². The first kappa shape index (κ1) is 19.6. The second-order valence-corrected chi connectivity index (χ2v) is 7.07. The molecule has 3 aromatic rings. The molecule has 2 aromatic carbocycles. The number of fused-ring (bicyclic) bond motifs is 1. The van der Waals surface area contributed by atoms with Gasteiger partial charge < -0.3 is 15.0 Å². The van der Waals surface area contributed by atoms with E-state index in [2.05, 4.69) is 10.3 Å². The lowest BCUT2D eigenvalue weighted by atomic mass is 10.0. The Morgan fingerprint density at radius 2 is 1.71 bits per heavy atom. The number of aromatic nitrogens is 1. The number of carbonyl (C=O) groups is 3. The highest BCUT2D eigenvalue weighted by Gasteiger charge is 2.21. The number of carbonyl (C=O) groups excluding carboxylic acids is 3. The fourth-order valence-electron chi connectivity index (χ4n) is 2.87. The number of aromatic amines is 1. The molecule has 0 bridgehead atoms. The minimum absolute atomic E-state index is 0.241. The van der Waals surface area contributed by atoms with Crippen molar-refractivity contribution in [1.29, 1.82) is 0 Å². The van der Waals surface area contributed by atoms with Gasteiger partial charge in [-0.25, -0.2) is 4.79 Å². The molecule has 3 rings (SSSR count). The molecule has 0 saturated carbocycles. The fraction of sp³-hybridized carbons (Fsp3) is 0.190. The maximum atomic E-state index is 13.0. The Labute approximate surface area is 166 Å². The van der Waals surface area contributed by atoms with Crippen LogP contribution in [0.2, 0.25) is 0 Å². The van der Waals surface area contributed by atoms with Crippen LogP contribution < -0.4 is 5.32 Å². The van der Waals surface area contributed by atoms with Crippen LogP contribution in [-0.2, 0) is 9.53 Å². The summed E-state index contributed by atoms with van der Waals surface area (Å²) in [6, 6.07) is 11.9. The van der Waals surface area contributed by atoms with E-state index in [0.717, 1.165) is 5.56 Å². The maximum absolute atomic E-state index is 13.0. The Morgan fingerprint density at radius 3 is 2.32 bits per heavy atom.